The molecule has 2 aromatic rings. The van der Waals surface area contributed by atoms with Gasteiger partial charge in [0, 0.05) is 24.7 Å². The number of aliphatic hydroxyl groups excluding tert-OH is 1. The summed E-state index contributed by atoms with van der Waals surface area (Å²) in [6.07, 6.45) is 2.11. The first-order valence-electron chi connectivity index (χ1n) is 6.46. The van der Waals surface area contributed by atoms with Crippen molar-refractivity contribution in [1.29, 1.82) is 0 Å². The molecule has 0 fully saturated rings. The minimum absolute atomic E-state index is 0.238. The van der Waals surface area contributed by atoms with Gasteiger partial charge in [-0.25, -0.2) is 4.39 Å². The molecule has 0 amide bonds. The largest absolute Gasteiger partial charge is 0.393 e. The van der Waals surface area contributed by atoms with Crippen LogP contribution in [0.2, 0.25) is 0 Å². The average Bonchev–Trinajstić information content (AvgIpc) is 2.40. The summed E-state index contributed by atoms with van der Waals surface area (Å²) >= 11 is 0. The molecule has 1 unspecified atom stereocenters. The Labute approximate surface area is 112 Å². The topological polar surface area (TPSA) is 36.4 Å². The van der Waals surface area contributed by atoms with Crippen LogP contribution in [0.25, 0.3) is 10.9 Å². The molecule has 1 N–H and O–H groups in total. The number of halogens is 1. The summed E-state index contributed by atoms with van der Waals surface area (Å²) in [5.41, 5.74) is 1.72. The van der Waals surface area contributed by atoms with Crippen LogP contribution in [-0.2, 0) is 6.54 Å². The highest BCUT2D eigenvalue weighted by molar-refractivity contribution is 5.82. The number of hydrogen-bond acceptors (Lipinski definition) is 3. The SMILES string of the molecule is CC(O)CCN(C)Cc1ccc(F)c2cccnc12. The summed E-state index contributed by atoms with van der Waals surface area (Å²) in [6, 6.07) is 6.76. The lowest BCUT2D eigenvalue weighted by Crippen LogP contribution is -2.22. The zero-order chi connectivity index (χ0) is 13.8. The van der Waals surface area contributed by atoms with Crippen LogP contribution >= 0.6 is 0 Å². The number of benzene rings is 1. The molecule has 0 aliphatic heterocycles. The van der Waals surface area contributed by atoms with Crippen molar-refractivity contribution in [1.82, 2.24) is 9.88 Å². The van der Waals surface area contributed by atoms with Gasteiger partial charge in [-0.15, -0.1) is 0 Å². The van der Waals surface area contributed by atoms with Gasteiger partial charge in [0.2, 0.25) is 0 Å². The number of hydrogen-bond donors (Lipinski definition) is 1. The molecule has 19 heavy (non-hydrogen) atoms. The summed E-state index contributed by atoms with van der Waals surface area (Å²) in [6.45, 7) is 3.27. The monoisotopic (exact) mass is 262 g/mol. The van der Waals surface area contributed by atoms with Crippen LogP contribution in [0.3, 0.4) is 0 Å². The third-order valence-corrected chi connectivity index (χ3v) is 3.17. The highest BCUT2D eigenvalue weighted by Crippen LogP contribution is 2.20. The van der Waals surface area contributed by atoms with Crippen LogP contribution in [0.1, 0.15) is 18.9 Å². The fourth-order valence-corrected chi connectivity index (χ4v) is 2.10. The zero-order valence-corrected chi connectivity index (χ0v) is 11.3. The van der Waals surface area contributed by atoms with Crippen LogP contribution in [0.4, 0.5) is 4.39 Å². The summed E-state index contributed by atoms with van der Waals surface area (Å²) < 4.78 is 13.7. The van der Waals surface area contributed by atoms with Crippen molar-refractivity contribution in [3.63, 3.8) is 0 Å². The molecule has 1 atom stereocenters. The predicted molar refractivity (Wildman–Crippen MR) is 74.3 cm³/mol. The minimum Gasteiger partial charge on any atom is -0.393 e. The fraction of sp³-hybridized carbons (Fsp3) is 0.400. The first kappa shape index (κ1) is 13.9. The van der Waals surface area contributed by atoms with E-state index in [-0.39, 0.29) is 11.9 Å². The molecule has 0 saturated heterocycles. The van der Waals surface area contributed by atoms with E-state index in [4.69, 9.17) is 0 Å². The third-order valence-electron chi connectivity index (χ3n) is 3.17. The Kier molecular flexibility index (Phi) is 4.45. The molecule has 0 bridgehead atoms. The van der Waals surface area contributed by atoms with E-state index in [1.807, 2.05) is 7.05 Å². The second-order valence-electron chi connectivity index (χ2n) is 4.98. The highest BCUT2D eigenvalue weighted by atomic mass is 19.1. The second-order valence-corrected chi connectivity index (χ2v) is 4.98. The van der Waals surface area contributed by atoms with Gasteiger partial charge in [-0.1, -0.05) is 6.07 Å². The Balaban J connectivity index is 2.19. The van der Waals surface area contributed by atoms with E-state index in [0.717, 1.165) is 18.5 Å². The maximum absolute atomic E-state index is 13.7. The van der Waals surface area contributed by atoms with E-state index in [0.29, 0.717) is 17.4 Å². The smallest absolute Gasteiger partial charge is 0.132 e. The molecular formula is C15H19FN2O. The third kappa shape index (κ3) is 3.49. The van der Waals surface area contributed by atoms with E-state index in [1.165, 1.54) is 6.07 Å². The number of aromatic nitrogens is 1. The van der Waals surface area contributed by atoms with Gasteiger partial charge in [-0.2, -0.15) is 0 Å². The Morgan fingerprint density at radius 2 is 2.16 bits per heavy atom. The molecule has 3 nitrogen and oxygen atoms in total. The van der Waals surface area contributed by atoms with Gasteiger partial charge in [0.05, 0.1) is 11.6 Å². The van der Waals surface area contributed by atoms with Crippen molar-refractivity contribution in [2.24, 2.45) is 0 Å². The van der Waals surface area contributed by atoms with E-state index in [9.17, 15) is 9.50 Å². The maximum atomic E-state index is 13.7. The molecule has 0 aliphatic rings. The Hall–Kier alpha value is -1.52. The number of fused-ring (bicyclic) bond motifs is 1. The van der Waals surface area contributed by atoms with Crippen LogP contribution in [0.15, 0.2) is 30.5 Å². The first-order chi connectivity index (χ1) is 9.08. The summed E-state index contributed by atoms with van der Waals surface area (Å²) in [4.78, 5) is 6.38. The van der Waals surface area contributed by atoms with Gasteiger partial charge in [0.15, 0.2) is 0 Å². The van der Waals surface area contributed by atoms with Gasteiger partial charge < -0.3 is 10.0 Å². The molecule has 1 aromatic carbocycles. The van der Waals surface area contributed by atoms with E-state index in [1.54, 1.807) is 31.3 Å². The van der Waals surface area contributed by atoms with E-state index in [2.05, 4.69) is 9.88 Å². The van der Waals surface area contributed by atoms with Crippen molar-refractivity contribution in [3.05, 3.63) is 41.8 Å². The Morgan fingerprint density at radius 1 is 1.37 bits per heavy atom. The molecule has 0 spiro atoms. The molecule has 102 valence electrons. The number of pyridine rings is 1. The number of aliphatic hydroxyl groups is 1. The minimum atomic E-state index is -0.300. The van der Waals surface area contributed by atoms with Gasteiger partial charge in [0.1, 0.15) is 5.82 Å². The summed E-state index contributed by atoms with van der Waals surface area (Å²) in [5.74, 6) is -0.238. The molecular weight excluding hydrogens is 243 g/mol. The summed E-state index contributed by atoms with van der Waals surface area (Å²) in [5, 5.41) is 9.85. The fourth-order valence-electron chi connectivity index (χ4n) is 2.10. The van der Waals surface area contributed by atoms with Gasteiger partial charge >= 0.3 is 0 Å². The van der Waals surface area contributed by atoms with Crippen LogP contribution in [-0.4, -0.2) is 34.7 Å². The molecule has 4 heteroatoms. The van der Waals surface area contributed by atoms with Crippen molar-refractivity contribution < 1.29 is 9.50 Å². The predicted octanol–water partition coefficient (Wildman–Crippen LogP) is 2.58. The first-order valence-corrected chi connectivity index (χ1v) is 6.46. The van der Waals surface area contributed by atoms with Crippen molar-refractivity contribution >= 4 is 10.9 Å². The Bertz CT molecular complexity index is 557. The highest BCUT2D eigenvalue weighted by Gasteiger charge is 2.09. The molecule has 0 aliphatic carbocycles. The molecule has 1 heterocycles. The lowest BCUT2D eigenvalue weighted by atomic mass is 10.1. The van der Waals surface area contributed by atoms with E-state index >= 15 is 0 Å². The average molecular weight is 262 g/mol. The lowest BCUT2D eigenvalue weighted by molar-refractivity contribution is 0.163. The number of rotatable bonds is 5. The number of nitrogens with zero attached hydrogens (tertiary/aromatic N) is 2. The van der Waals surface area contributed by atoms with E-state index < -0.39 is 0 Å². The maximum Gasteiger partial charge on any atom is 0.132 e. The van der Waals surface area contributed by atoms with Crippen LogP contribution in [0, 0.1) is 5.82 Å². The summed E-state index contributed by atoms with van der Waals surface area (Å²) in [7, 11) is 1.99. The quantitative estimate of drug-likeness (QED) is 0.899. The van der Waals surface area contributed by atoms with Gasteiger partial charge in [-0.3, -0.25) is 4.98 Å². The van der Waals surface area contributed by atoms with Crippen molar-refractivity contribution in [3.8, 4) is 0 Å². The lowest BCUT2D eigenvalue weighted by Gasteiger charge is -2.18. The van der Waals surface area contributed by atoms with Gasteiger partial charge in [-0.05, 0) is 44.2 Å². The molecule has 0 radical (unpaired) electrons. The molecule has 2 rings (SSSR count). The van der Waals surface area contributed by atoms with Crippen molar-refractivity contribution in [2.45, 2.75) is 26.0 Å². The molecule has 1 aromatic heterocycles. The Morgan fingerprint density at radius 3 is 2.89 bits per heavy atom. The standard InChI is InChI=1S/C15H19FN2O/c1-11(19)7-9-18(2)10-12-5-6-14(16)13-4-3-8-17-15(12)13/h3-6,8,11,19H,7,9-10H2,1-2H3. The van der Waals surface area contributed by atoms with Crippen LogP contribution < -0.4 is 0 Å². The molecule has 0 saturated carbocycles. The van der Waals surface area contributed by atoms with Crippen molar-refractivity contribution in [2.75, 3.05) is 13.6 Å². The van der Waals surface area contributed by atoms with Gasteiger partial charge in [0.25, 0.3) is 0 Å². The van der Waals surface area contributed by atoms with Crippen LogP contribution in [0.5, 0.6) is 0 Å². The zero-order valence-electron chi connectivity index (χ0n) is 11.3. The normalized spacial score (nSPS) is 13.1. The second kappa shape index (κ2) is 6.08.